The number of aliphatic imine (C=N–C) groups is 1. The molecule has 0 bridgehead atoms. The third-order valence-electron chi connectivity index (χ3n) is 2.29. The van der Waals surface area contributed by atoms with Crippen LogP contribution in [-0.2, 0) is 14.9 Å². The Labute approximate surface area is 97.2 Å². The summed E-state index contributed by atoms with van der Waals surface area (Å²) < 4.78 is 30.9. The Bertz CT molecular complexity index is 730. The molecule has 0 amide bonds. The van der Waals surface area contributed by atoms with E-state index in [9.17, 15) is 13.2 Å². The quantitative estimate of drug-likeness (QED) is 0.501. The van der Waals surface area contributed by atoms with Gasteiger partial charge >= 0.3 is 0 Å². The van der Waals surface area contributed by atoms with E-state index in [0.717, 1.165) is 0 Å². The number of carbonyl (C=O) groups excluding carboxylic acids is 1. The van der Waals surface area contributed by atoms with Gasteiger partial charge in [-0.05, 0) is 23.6 Å². The summed E-state index contributed by atoms with van der Waals surface area (Å²) in [6.07, 6.45) is 1.40. The summed E-state index contributed by atoms with van der Waals surface area (Å²) in [6, 6.07) is 9.06. The molecular formula is C11H7NO4S. The summed E-state index contributed by atoms with van der Waals surface area (Å²) in [5, 5.41) is 1.18. The van der Waals surface area contributed by atoms with E-state index in [0.29, 0.717) is 16.5 Å². The number of isocyanates is 1. The first-order chi connectivity index (χ1) is 8.02. The average molecular weight is 249 g/mol. The fourth-order valence-corrected chi connectivity index (χ4v) is 2.05. The van der Waals surface area contributed by atoms with Crippen molar-refractivity contribution >= 4 is 32.7 Å². The molecule has 0 aliphatic heterocycles. The summed E-state index contributed by atoms with van der Waals surface area (Å²) in [5.74, 6) is 0. The van der Waals surface area contributed by atoms with Crippen molar-refractivity contribution in [2.24, 2.45) is 4.99 Å². The van der Waals surface area contributed by atoms with E-state index < -0.39 is 10.1 Å². The molecular weight excluding hydrogens is 242 g/mol. The van der Waals surface area contributed by atoms with Crippen LogP contribution in [0.5, 0.6) is 0 Å². The molecule has 6 heteroatoms. The van der Waals surface area contributed by atoms with Crippen LogP contribution in [0.15, 0.2) is 46.3 Å². The van der Waals surface area contributed by atoms with Gasteiger partial charge in [0.15, 0.2) is 0 Å². The number of nitrogens with zero attached hydrogens (tertiary/aromatic N) is 1. The SMILES string of the molecule is O=C=Nc1cccc2ccc(S(=O)(=O)O)cc12. The smallest absolute Gasteiger partial charge is 0.282 e. The topological polar surface area (TPSA) is 83.8 Å². The van der Waals surface area contributed by atoms with Gasteiger partial charge in [-0.1, -0.05) is 18.2 Å². The van der Waals surface area contributed by atoms with E-state index in [4.69, 9.17) is 4.55 Å². The van der Waals surface area contributed by atoms with Crippen LogP contribution < -0.4 is 0 Å². The van der Waals surface area contributed by atoms with Crippen molar-refractivity contribution in [1.29, 1.82) is 0 Å². The van der Waals surface area contributed by atoms with Crippen LogP contribution >= 0.6 is 0 Å². The second kappa shape index (κ2) is 4.10. The van der Waals surface area contributed by atoms with Crippen LogP contribution in [0.3, 0.4) is 0 Å². The third-order valence-corrected chi connectivity index (χ3v) is 3.14. The van der Waals surface area contributed by atoms with Crippen LogP contribution in [0.2, 0.25) is 0 Å². The molecule has 1 N–H and O–H groups in total. The van der Waals surface area contributed by atoms with Crippen LogP contribution in [0.4, 0.5) is 5.69 Å². The molecule has 2 rings (SSSR count). The molecule has 0 saturated carbocycles. The maximum absolute atomic E-state index is 11.0. The highest BCUT2D eigenvalue weighted by Gasteiger charge is 2.11. The highest BCUT2D eigenvalue weighted by molar-refractivity contribution is 7.85. The molecule has 0 aliphatic rings. The van der Waals surface area contributed by atoms with Crippen molar-refractivity contribution < 1.29 is 17.8 Å². The van der Waals surface area contributed by atoms with Crippen molar-refractivity contribution in [2.75, 3.05) is 0 Å². The van der Waals surface area contributed by atoms with Crippen LogP contribution in [0.25, 0.3) is 10.8 Å². The fourth-order valence-electron chi connectivity index (χ4n) is 1.54. The maximum atomic E-state index is 11.0. The second-order valence-electron chi connectivity index (χ2n) is 3.34. The summed E-state index contributed by atoms with van der Waals surface area (Å²) in [5.41, 5.74) is 0.308. The highest BCUT2D eigenvalue weighted by atomic mass is 32.2. The molecule has 0 aliphatic carbocycles. The minimum Gasteiger partial charge on any atom is -0.282 e. The fraction of sp³-hybridized carbons (Fsp3) is 0. The monoisotopic (exact) mass is 249 g/mol. The van der Waals surface area contributed by atoms with Crippen LogP contribution in [0, 0.1) is 0 Å². The van der Waals surface area contributed by atoms with E-state index in [1.54, 1.807) is 18.2 Å². The predicted molar refractivity (Wildman–Crippen MR) is 61.5 cm³/mol. The van der Waals surface area contributed by atoms with Crippen LogP contribution in [-0.4, -0.2) is 19.1 Å². The molecule has 0 fully saturated rings. The van der Waals surface area contributed by atoms with Gasteiger partial charge in [0, 0.05) is 5.39 Å². The number of fused-ring (bicyclic) bond motifs is 1. The maximum Gasteiger partial charge on any atom is 0.294 e. The molecule has 17 heavy (non-hydrogen) atoms. The van der Waals surface area contributed by atoms with Gasteiger partial charge in [-0.15, -0.1) is 0 Å². The van der Waals surface area contributed by atoms with Gasteiger partial charge in [0.2, 0.25) is 6.08 Å². The number of benzene rings is 2. The predicted octanol–water partition coefficient (Wildman–Crippen LogP) is 2.05. The molecule has 0 atom stereocenters. The minimum atomic E-state index is -4.27. The Morgan fingerprint density at radius 3 is 2.59 bits per heavy atom. The first-order valence-corrected chi connectivity index (χ1v) is 6.04. The molecule has 86 valence electrons. The summed E-state index contributed by atoms with van der Waals surface area (Å²) in [4.78, 5) is 13.5. The zero-order valence-corrected chi connectivity index (χ0v) is 9.31. The zero-order valence-electron chi connectivity index (χ0n) is 8.49. The molecule has 2 aromatic carbocycles. The Kier molecular flexibility index (Phi) is 2.77. The van der Waals surface area contributed by atoms with Crippen molar-refractivity contribution in [3.8, 4) is 0 Å². The average Bonchev–Trinajstić information content (AvgIpc) is 2.28. The Balaban J connectivity index is 2.83. The molecule has 2 aromatic rings. The van der Waals surface area contributed by atoms with Crippen molar-refractivity contribution in [2.45, 2.75) is 4.90 Å². The number of hydrogen-bond acceptors (Lipinski definition) is 4. The Morgan fingerprint density at radius 2 is 1.94 bits per heavy atom. The Hall–Kier alpha value is -2.01. The van der Waals surface area contributed by atoms with Gasteiger partial charge in [-0.25, -0.2) is 4.79 Å². The van der Waals surface area contributed by atoms with E-state index in [2.05, 4.69) is 4.99 Å². The normalized spacial score (nSPS) is 11.1. The first kappa shape index (κ1) is 11.5. The lowest BCUT2D eigenvalue weighted by Crippen LogP contribution is -1.97. The molecule has 0 saturated heterocycles. The second-order valence-corrected chi connectivity index (χ2v) is 4.76. The highest BCUT2D eigenvalue weighted by Crippen LogP contribution is 2.27. The van der Waals surface area contributed by atoms with Gasteiger partial charge in [-0.2, -0.15) is 13.4 Å². The van der Waals surface area contributed by atoms with Crippen molar-refractivity contribution in [1.82, 2.24) is 0 Å². The minimum absolute atomic E-state index is 0.237. The summed E-state index contributed by atoms with van der Waals surface area (Å²) in [6.45, 7) is 0. The van der Waals surface area contributed by atoms with Crippen molar-refractivity contribution in [3.63, 3.8) is 0 Å². The van der Waals surface area contributed by atoms with E-state index in [1.165, 1.54) is 24.3 Å². The first-order valence-electron chi connectivity index (χ1n) is 4.60. The lowest BCUT2D eigenvalue weighted by Gasteiger charge is -2.02. The molecule has 0 aromatic heterocycles. The molecule has 0 heterocycles. The van der Waals surface area contributed by atoms with Gasteiger partial charge in [-0.3, -0.25) is 4.55 Å². The summed E-state index contributed by atoms with van der Waals surface area (Å²) >= 11 is 0. The lowest BCUT2D eigenvalue weighted by atomic mass is 10.1. The van der Waals surface area contributed by atoms with Gasteiger partial charge in [0.1, 0.15) is 0 Å². The molecule has 5 nitrogen and oxygen atoms in total. The zero-order chi connectivity index (χ0) is 12.5. The van der Waals surface area contributed by atoms with E-state index >= 15 is 0 Å². The lowest BCUT2D eigenvalue weighted by molar-refractivity contribution is 0.483. The van der Waals surface area contributed by atoms with E-state index in [-0.39, 0.29) is 4.90 Å². The van der Waals surface area contributed by atoms with Crippen molar-refractivity contribution in [3.05, 3.63) is 36.4 Å². The number of rotatable bonds is 2. The van der Waals surface area contributed by atoms with E-state index in [1.807, 2.05) is 0 Å². The van der Waals surface area contributed by atoms with Gasteiger partial charge in [0.05, 0.1) is 10.6 Å². The van der Waals surface area contributed by atoms with Gasteiger partial charge in [0.25, 0.3) is 10.1 Å². The largest absolute Gasteiger partial charge is 0.294 e. The molecule has 0 spiro atoms. The van der Waals surface area contributed by atoms with Crippen LogP contribution in [0.1, 0.15) is 0 Å². The number of hydrogen-bond donors (Lipinski definition) is 1. The van der Waals surface area contributed by atoms with Gasteiger partial charge < -0.3 is 0 Å². The summed E-state index contributed by atoms with van der Waals surface area (Å²) in [7, 11) is -4.27. The Morgan fingerprint density at radius 1 is 1.18 bits per heavy atom. The molecule has 0 unspecified atom stereocenters. The standard InChI is InChI=1S/C11H7NO4S/c13-7-12-11-3-1-2-8-4-5-9(6-10(8)11)17(14,15)16/h1-6H,(H,14,15,16). The molecule has 0 radical (unpaired) electrons. The third kappa shape index (κ3) is 2.24.